The Morgan fingerprint density at radius 2 is 1.43 bits per heavy atom. The van der Waals surface area contributed by atoms with Gasteiger partial charge in [-0.1, -0.05) is 98.3 Å². The van der Waals surface area contributed by atoms with Gasteiger partial charge in [0.1, 0.15) is 0 Å². The molecule has 0 radical (unpaired) electrons. The van der Waals surface area contributed by atoms with Crippen molar-refractivity contribution in [3.05, 3.63) is 0 Å². The number of aliphatic hydroxyl groups is 2. The van der Waals surface area contributed by atoms with Crippen LogP contribution < -0.4 is 0 Å². The Labute approximate surface area is 188 Å². The second-order valence-corrected chi connectivity index (χ2v) is 11.7. The van der Waals surface area contributed by atoms with Crippen LogP contribution in [-0.2, 0) is 0 Å². The number of hydrogen-bond donors (Lipinski definition) is 2. The summed E-state index contributed by atoms with van der Waals surface area (Å²) in [6, 6.07) is 0. The maximum Gasteiger partial charge on any atom is 0.0571 e. The summed E-state index contributed by atoms with van der Waals surface area (Å²) >= 11 is 0. The van der Waals surface area contributed by atoms with Crippen molar-refractivity contribution in [3.8, 4) is 0 Å². The van der Waals surface area contributed by atoms with Gasteiger partial charge in [-0.25, -0.2) is 0 Å². The van der Waals surface area contributed by atoms with E-state index < -0.39 is 0 Å². The number of rotatable bonds is 13. The molecule has 0 aromatic carbocycles. The van der Waals surface area contributed by atoms with E-state index in [0.29, 0.717) is 17.8 Å². The third-order valence-electron chi connectivity index (χ3n) is 8.74. The molecule has 2 unspecified atom stereocenters. The molecule has 2 rings (SSSR count). The van der Waals surface area contributed by atoms with E-state index in [1.165, 1.54) is 77.0 Å². The second-order valence-electron chi connectivity index (χ2n) is 11.7. The normalized spacial score (nSPS) is 30.9. The summed E-state index contributed by atoms with van der Waals surface area (Å²) in [6.07, 6.45) is 19.6. The molecule has 0 aromatic rings. The molecular formula is C28H54O2. The van der Waals surface area contributed by atoms with Crippen molar-refractivity contribution in [3.63, 3.8) is 0 Å². The predicted octanol–water partition coefficient (Wildman–Crippen LogP) is 7.75. The van der Waals surface area contributed by atoms with Gasteiger partial charge in [0, 0.05) is 0 Å². The highest BCUT2D eigenvalue weighted by molar-refractivity contribution is 4.80. The minimum Gasteiger partial charge on any atom is -0.393 e. The molecule has 0 spiro atoms. The Morgan fingerprint density at radius 1 is 0.800 bits per heavy atom. The summed E-state index contributed by atoms with van der Waals surface area (Å²) in [6.45, 7) is 9.27. The van der Waals surface area contributed by atoms with Gasteiger partial charge in [-0.2, -0.15) is 0 Å². The molecule has 0 bridgehead atoms. The van der Waals surface area contributed by atoms with E-state index in [1.54, 1.807) is 0 Å². The van der Waals surface area contributed by atoms with Gasteiger partial charge in [0.25, 0.3) is 0 Å². The SMILES string of the molecule is CCCCC1CCC(C[C@H](O)CCCC(CC(O)C2CCC(C)CC2)C(C)C)CC1. The minimum atomic E-state index is -0.113. The molecule has 2 aliphatic rings. The molecule has 0 heterocycles. The fourth-order valence-electron chi connectivity index (χ4n) is 6.26. The molecule has 2 saturated carbocycles. The monoisotopic (exact) mass is 422 g/mol. The Balaban J connectivity index is 1.62. The van der Waals surface area contributed by atoms with Crippen LogP contribution in [0.5, 0.6) is 0 Å². The largest absolute Gasteiger partial charge is 0.393 e. The van der Waals surface area contributed by atoms with Crippen LogP contribution in [0.4, 0.5) is 0 Å². The molecule has 2 nitrogen and oxygen atoms in total. The zero-order chi connectivity index (χ0) is 21.9. The average molecular weight is 423 g/mol. The average Bonchev–Trinajstić information content (AvgIpc) is 2.72. The lowest BCUT2D eigenvalue weighted by atomic mass is 9.75. The molecule has 0 saturated heterocycles. The summed E-state index contributed by atoms with van der Waals surface area (Å²) < 4.78 is 0. The van der Waals surface area contributed by atoms with Gasteiger partial charge in [0.15, 0.2) is 0 Å². The van der Waals surface area contributed by atoms with Crippen LogP contribution in [0.2, 0.25) is 0 Å². The van der Waals surface area contributed by atoms with Gasteiger partial charge in [0.05, 0.1) is 12.2 Å². The van der Waals surface area contributed by atoms with E-state index in [-0.39, 0.29) is 12.2 Å². The van der Waals surface area contributed by atoms with Crippen molar-refractivity contribution in [1.29, 1.82) is 0 Å². The Morgan fingerprint density at radius 3 is 2.03 bits per heavy atom. The molecule has 3 atom stereocenters. The molecule has 30 heavy (non-hydrogen) atoms. The smallest absolute Gasteiger partial charge is 0.0571 e. The van der Waals surface area contributed by atoms with Crippen LogP contribution >= 0.6 is 0 Å². The van der Waals surface area contributed by atoms with Crippen LogP contribution in [0, 0.1) is 35.5 Å². The second kappa shape index (κ2) is 14.1. The molecule has 2 aliphatic carbocycles. The first-order chi connectivity index (χ1) is 14.4. The van der Waals surface area contributed by atoms with Gasteiger partial charge < -0.3 is 10.2 Å². The molecule has 178 valence electrons. The standard InChI is InChI=1S/C28H54O2/c1-5-6-8-23-13-15-24(16-14-23)19-27(29)10-7-9-26(21(2)3)20-28(30)25-17-11-22(4)12-18-25/h21-30H,5-20H2,1-4H3/t22?,23?,24?,25?,26?,27-,28?/m1/s1. The minimum absolute atomic E-state index is 0.111. The van der Waals surface area contributed by atoms with Crippen molar-refractivity contribution >= 4 is 0 Å². The molecule has 2 fully saturated rings. The van der Waals surface area contributed by atoms with Gasteiger partial charge in [0.2, 0.25) is 0 Å². The van der Waals surface area contributed by atoms with Gasteiger partial charge in [-0.3, -0.25) is 0 Å². The fourth-order valence-corrected chi connectivity index (χ4v) is 6.26. The lowest BCUT2D eigenvalue weighted by Crippen LogP contribution is -2.28. The molecule has 2 heteroatoms. The summed E-state index contributed by atoms with van der Waals surface area (Å²) in [7, 11) is 0. The summed E-state index contributed by atoms with van der Waals surface area (Å²) in [5, 5.41) is 21.5. The lowest BCUT2D eigenvalue weighted by molar-refractivity contribution is 0.0448. The first-order valence-electron chi connectivity index (χ1n) is 13.7. The number of hydrogen-bond acceptors (Lipinski definition) is 2. The highest BCUT2D eigenvalue weighted by Crippen LogP contribution is 2.36. The highest BCUT2D eigenvalue weighted by atomic mass is 16.3. The van der Waals surface area contributed by atoms with Crippen molar-refractivity contribution in [1.82, 2.24) is 0 Å². The van der Waals surface area contributed by atoms with Crippen LogP contribution in [0.25, 0.3) is 0 Å². The third kappa shape index (κ3) is 9.60. The van der Waals surface area contributed by atoms with Crippen LogP contribution in [0.15, 0.2) is 0 Å². The van der Waals surface area contributed by atoms with E-state index in [4.69, 9.17) is 0 Å². The van der Waals surface area contributed by atoms with E-state index >= 15 is 0 Å². The molecule has 2 N–H and O–H groups in total. The Kier molecular flexibility index (Phi) is 12.3. The van der Waals surface area contributed by atoms with E-state index in [1.807, 2.05) is 0 Å². The van der Waals surface area contributed by atoms with Gasteiger partial charge in [-0.15, -0.1) is 0 Å². The molecule has 0 aliphatic heterocycles. The van der Waals surface area contributed by atoms with Crippen molar-refractivity contribution in [2.45, 2.75) is 143 Å². The zero-order valence-electron chi connectivity index (χ0n) is 20.8. The predicted molar refractivity (Wildman–Crippen MR) is 130 cm³/mol. The van der Waals surface area contributed by atoms with Gasteiger partial charge in [-0.05, 0) is 67.6 Å². The van der Waals surface area contributed by atoms with E-state index in [0.717, 1.165) is 43.4 Å². The summed E-state index contributed by atoms with van der Waals surface area (Å²) in [5.41, 5.74) is 0. The lowest BCUT2D eigenvalue weighted by Gasteiger charge is -2.33. The summed E-state index contributed by atoms with van der Waals surface area (Å²) in [4.78, 5) is 0. The van der Waals surface area contributed by atoms with Crippen LogP contribution in [0.1, 0.15) is 130 Å². The van der Waals surface area contributed by atoms with Crippen molar-refractivity contribution in [2.75, 3.05) is 0 Å². The number of aliphatic hydroxyl groups excluding tert-OH is 2. The van der Waals surface area contributed by atoms with Crippen molar-refractivity contribution in [2.24, 2.45) is 35.5 Å². The fraction of sp³-hybridized carbons (Fsp3) is 1.00. The molecule has 0 amide bonds. The van der Waals surface area contributed by atoms with E-state index in [2.05, 4.69) is 27.7 Å². The maximum atomic E-state index is 10.8. The first kappa shape index (κ1) is 26.2. The van der Waals surface area contributed by atoms with Crippen LogP contribution in [-0.4, -0.2) is 22.4 Å². The van der Waals surface area contributed by atoms with Crippen molar-refractivity contribution < 1.29 is 10.2 Å². The van der Waals surface area contributed by atoms with Gasteiger partial charge >= 0.3 is 0 Å². The Bertz CT molecular complexity index is 418. The highest BCUT2D eigenvalue weighted by Gasteiger charge is 2.28. The topological polar surface area (TPSA) is 40.5 Å². The zero-order valence-corrected chi connectivity index (χ0v) is 20.8. The van der Waals surface area contributed by atoms with Crippen LogP contribution in [0.3, 0.4) is 0 Å². The third-order valence-corrected chi connectivity index (χ3v) is 8.74. The Hall–Kier alpha value is -0.0800. The first-order valence-corrected chi connectivity index (χ1v) is 13.7. The summed E-state index contributed by atoms with van der Waals surface area (Å²) in [5.74, 6) is 4.32. The molecule has 0 aromatic heterocycles. The quantitative estimate of drug-likeness (QED) is 0.318. The van der Waals surface area contributed by atoms with E-state index in [9.17, 15) is 10.2 Å². The molecular weight excluding hydrogens is 368 g/mol. The number of unbranched alkanes of at least 4 members (excludes halogenated alkanes) is 1. The maximum absolute atomic E-state index is 10.8.